The van der Waals surface area contributed by atoms with Crippen LogP contribution in [0, 0.1) is 11.3 Å². The molecule has 1 N–H and O–H groups in total. The van der Waals surface area contributed by atoms with E-state index in [1.165, 1.54) is 17.3 Å². The number of carbonyl (C=O) groups excluding carboxylic acids is 1. The Morgan fingerprint density at radius 3 is 2.30 bits per heavy atom. The number of benzene rings is 2. The smallest absolute Gasteiger partial charge is 0.237 e. The Balaban J connectivity index is 1.69. The molecule has 1 heterocycles. The molecule has 1 atom stereocenters. The summed E-state index contributed by atoms with van der Waals surface area (Å²) < 4.78 is 1.91. The van der Waals surface area contributed by atoms with E-state index in [0.717, 1.165) is 11.4 Å². The lowest BCUT2D eigenvalue weighted by Gasteiger charge is -2.19. The average Bonchev–Trinajstić information content (AvgIpc) is 3.08. The second-order valence-corrected chi connectivity index (χ2v) is 9.44. The number of amides is 1. The van der Waals surface area contributed by atoms with Crippen molar-refractivity contribution in [3.63, 3.8) is 0 Å². The van der Waals surface area contributed by atoms with Gasteiger partial charge in [-0.15, -0.1) is 10.2 Å². The maximum absolute atomic E-state index is 12.5. The first-order valence-corrected chi connectivity index (χ1v) is 10.5. The molecule has 0 unspecified atom stereocenters. The molecule has 0 saturated carbocycles. The Labute approximate surface area is 181 Å². The zero-order valence-corrected chi connectivity index (χ0v) is 18.6. The molecule has 154 valence electrons. The molecule has 0 fully saturated rings. The predicted octanol–water partition coefficient (Wildman–Crippen LogP) is 4.77. The van der Waals surface area contributed by atoms with Gasteiger partial charge in [0, 0.05) is 18.3 Å². The maximum atomic E-state index is 12.5. The summed E-state index contributed by atoms with van der Waals surface area (Å²) in [5.41, 5.74) is 3.55. The highest BCUT2D eigenvalue weighted by atomic mass is 32.2. The largest absolute Gasteiger partial charge is 0.325 e. The fourth-order valence-corrected chi connectivity index (χ4v) is 3.69. The summed E-state index contributed by atoms with van der Waals surface area (Å²) >= 11 is 1.35. The van der Waals surface area contributed by atoms with Crippen molar-refractivity contribution in [1.82, 2.24) is 14.8 Å². The van der Waals surface area contributed by atoms with Crippen molar-refractivity contribution in [2.24, 2.45) is 7.05 Å². The number of rotatable bonds is 5. The van der Waals surface area contributed by atoms with Gasteiger partial charge in [-0.2, -0.15) is 5.26 Å². The van der Waals surface area contributed by atoms with Gasteiger partial charge in [-0.3, -0.25) is 4.79 Å². The van der Waals surface area contributed by atoms with Crippen molar-refractivity contribution >= 4 is 23.4 Å². The molecule has 0 bridgehead atoms. The number of hydrogen-bond donors (Lipinski definition) is 1. The van der Waals surface area contributed by atoms with Gasteiger partial charge >= 0.3 is 0 Å². The summed E-state index contributed by atoms with van der Waals surface area (Å²) in [6.07, 6.45) is 0. The van der Waals surface area contributed by atoms with Crippen LogP contribution in [0.1, 0.15) is 38.8 Å². The molecule has 0 spiro atoms. The van der Waals surface area contributed by atoms with Gasteiger partial charge in [-0.25, -0.2) is 0 Å². The molecule has 0 aliphatic heterocycles. The first-order valence-electron chi connectivity index (χ1n) is 9.67. The van der Waals surface area contributed by atoms with Gasteiger partial charge in [0.2, 0.25) is 5.91 Å². The minimum absolute atomic E-state index is 0.0944. The third kappa shape index (κ3) is 4.89. The van der Waals surface area contributed by atoms with Crippen LogP contribution in [0.25, 0.3) is 11.4 Å². The summed E-state index contributed by atoms with van der Waals surface area (Å²) in [5.74, 6) is 0.626. The Kier molecular flexibility index (Phi) is 6.28. The zero-order chi connectivity index (χ0) is 21.9. The number of nitrogens with one attached hydrogen (secondary N) is 1. The van der Waals surface area contributed by atoms with E-state index < -0.39 is 0 Å². The molecule has 1 amide bonds. The molecule has 6 nitrogen and oxygen atoms in total. The number of aromatic nitrogens is 3. The molecule has 30 heavy (non-hydrogen) atoms. The molecule has 0 saturated heterocycles. The van der Waals surface area contributed by atoms with E-state index in [2.05, 4.69) is 66.6 Å². The van der Waals surface area contributed by atoms with Gasteiger partial charge in [-0.1, -0.05) is 56.8 Å². The standard InChI is InChI=1S/C23H25N5OS/c1-15(21(29)25-19-12-6-16(14-24)7-13-19)30-22-27-26-20(28(22)5)17-8-10-18(11-9-17)23(2,3)4/h6-13,15H,1-5H3,(H,25,29)/t15-/m1/s1. The van der Waals surface area contributed by atoms with E-state index in [1.54, 1.807) is 24.3 Å². The molecule has 2 aromatic carbocycles. The summed E-state index contributed by atoms with van der Waals surface area (Å²) in [4.78, 5) is 12.5. The van der Waals surface area contributed by atoms with Gasteiger partial charge in [0.1, 0.15) is 0 Å². The highest BCUT2D eigenvalue weighted by molar-refractivity contribution is 8.00. The molecule has 0 aliphatic carbocycles. The summed E-state index contributed by atoms with van der Waals surface area (Å²) in [6, 6.07) is 17.2. The van der Waals surface area contributed by atoms with E-state index in [9.17, 15) is 4.79 Å². The molecule has 7 heteroatoms. The fraction of sp³-hybridized carbons (Fsp3) is 0.304. The van der Waals surface area contributed by atoms with Crippen molar-refractivity contribution < 1.29 is 4.79 Å². The molecule has 0 radical (unpaired) electrons. The lowest BCUT2D eigenvalue weighted by atomic mass is 9.87. The van der Waals surface area contributed by atoms with Crippen molar-refractivity contribution in [2.75, 3.05) is 5.32 Å². The van der Waals surface area contributed by atoms with Gasteiger partial charge in [0.25, 0.3) is 0 Å². The quantitative estimate of drug-likeness (QED) is 0.602. The van der Waals surface area contributed by atoms with Crippen molar-refractivity contribution in [1.29, 1.82) is 5.26 Å². The number of thioether (sulfide) groups is 1. The molecular formula is C23H25N5OS. The number of nitriles is 1. The van der Waals surface area contributed by atoms with E-state index in [1.807, 2.05) is 18.5 Å². The van der Waals surface area contributed by atoms with Crippen LogP contribution in [-0.4, -0.2) is 25.9 Å². The van der Waals surface area contributed by atoms with Crippen molar-refractivity contribution in [2.45, 2.75) is 43.5 Å². The SMILES string of the molecule is C[C@@H](Sc1nnc(-c2ccc(C(C)(C)C)cc2)n1C)C(=O)Nc1ccc(C#N)cc1. The molecule has 3 rings (SSSR count). The summed E-state index contributed by atoms with van der Waals surface area (Å²) in [7, 11) is 1.90. The van der Waals surface area contributed by atoms with E-state index in [0.29, 0.717) is 16.4 Å². The van der Waals surface area contributed by atoms with Crippen LogP contribution in [-0.2, 0) is 17.3 Å². The Morgan fingerprint density at radius 1 is 1.10 bits per heavy atom. The monoisotopic (exact) mass is 419 g/mol. The van der Waals surface area contributed by atoms with E-state index >= 15 is 0 Å². The van der Waals surface area contributed by atoms with Crippen LogP contribution in [0.5, 0.6) is 0 Å². The topological polar surface area (TPSA) is 83.6 Å². The third-order valence-corrected chi connectivity index (χ3v) is 5.91. The Morgan fingerprint density at radius 2 is 1.73 bits per heavy atom. The summed E-state index contributed by atoms with van der Waals surface area (Å²) in [5, 5.41) is 20.6. The Bertz CT molecular complexity index is 1070. The van der Waals surface area contributed by atoms with Crippen LogP contribution in [0.2, 0.25) is 0 Å². The minimum Gasteiger partial charge on any atom is -0.325 e. The lowest BCUT2D eigenvalue weighted by molar-refractivity contribution is -0.115. The zero-order valence-electron chi connectivity index (χ0n) is 17.8. The summed E-state index contributed by atoms with van der Waals surface area (Å²) in [6.45, 7) is 8.38. The number of carbonyl (C=O) groups is 1. The van der Waals surface area contributed by atoms with Gasteiger partial charge in [0.05, 0.1) is 16.9 Å². The van der Waals surface area contributed by atoms with Crippen LogP contribution in [0.3, 0.4) is 0 Å². The first kappa shape index (κ1) is 21.6. The molecule has 1 aromatic heterocycles. The van der Waals surface area contributed by atoms with Crippen LogP contribution in [0.15, 0.2) is 53.7 Å². The predicted molar refractivity (Wildman–Crippen MR) is 120 cm³/mol. The molecule has 3 aromatic rings. The van der Waals surface area contributed by atoms with Crippen LogP contribution < -0.4 is 5.32 Å². The van der Waals surface area contributed by atoms with Crippen molar-refractivity contribution in [3.05, 3.63) is 59.7 Å². The number of nitrogens with zero attached hydrogens (tertiary/aromatic N) is 4. The van der Waals surface area contributed by atoms with E-state index in [4.69, 9.17) is 5.26 Å². The lowest BCUT2D eigenvalue weighted by Crippen LogP contribution is -2.22. The maximum Gasteiger partial charge on any atom is 0.237 e. The highest BCUT2D eigenvalue weighted by Crippen LogP contribution is 2.28. The fourth-order valence-electron chi connectivity index (χ4n) is 2.87. The minimum atomic E-state index is -0.361. The number of anilines is 1. The van der Waals surface area contributed by atoms with Gasteiger partial charge in [-0.05, 0) is 42.2 Å². The van der Waals surface area contributed by atoms with E-state index in [-0.39, 0.29) is 16.6 Å². The normalized spacial score (nSPS) is 12.3. The van der Waals surface area contributed by atoms with Gasteiger partial charge < -0.3 is 9.88 Å². The first-order chi connectivity index (χ1) is 14.2. The molecular weight excluding hydrogens is 394 g/mol. The Hall–Kier alpha value is -3.11. The second-order valence-electron chi connectivity index (χ2n) is 8.13. The van der Waals surface area contributed by atoms with Crippen molar-refractivity contribution in [3.8, 4) is 17.5 Å². The van der Waals surface area contributed by atoms with Crippen LogP contribution >= 0.6 is 11.8 Å². The number of hydrogen-bond acceptors (Lipinski definition) is 5. The van der Waals surface area contributed by atoms with Gasteiger partial charge in [0.15, 0.2) is 11.0 Å². The third-order valence-electron chi connectivity index (χ3n) is 4.78. The average molecular weight is 420 g/mol. The second kappa shape index (κ2) is 8.72. The van der Waals surface area contributed by atoms with Crippen LogP contribution in [0.4, 0.5) is 5.69 Å². The molecule has 0 aliphatic rings. The highest BCUT2D eigenvalue weighted by Gasteiger charge is 2.20.